The van der Waals surface area contributed by atoms with Crippen molar-refractivity contribution >= 4 is 17.2 Å². The Morgan fingerprint density at radius 3 is 2.64 bits per heavy atom. The highest BCUT2D eigenvalue weighted by Gasteiger charge is 2.17. The van der Waals surface area contributed by atoms with Gasteiger partial charge in [0.15, 0.2) is 0 Å². The van der Waals surface area contributed by atoms with Crippen molar-refractivity contribution in [2.75, 3.05) is 0 Å². The second-order valence-electron chi connectivity index (χ2n) is 6.62. The van der Waals surface area contributed by atoms with Gasteiger partial charge >= 0.3 is 0 Å². The molecular weight excluding hydrogens is 332 g/mol. The SMILES string of the molecule is CC[C@H](C)N(Cc1csc(COc2ccccc2C(C)C)n1)C(C)=O. The van der Waals surface area contributed by atoms with E-state index in [9.17, 15) is 4.79 Å². The number of nitrogens with zero attached hydrogens (tertiary/aromatic N) is 2. The fourth-order valence-electron chi connectivity index (χ4n) is 2.69. The lowest BCUT2D eigenvalue weighted by Crippen LogP contribution is -2.36. The molecule has 0 saturated carbocycles. The first-order chi connectivity index (χ1) is 11.9. The van der Waals surface area contributed by atoms with Crippen molar-refractivity contribution < 1.29 is 9.53 Å². The van der Waals surface area contributed by atoms with Crippen molar-refractivity contribution in [1.29, 1.82) is 0 Å². The molecule has 0 radical (unpaired) electrons. The first-order valence-electron chi connectivity index (χ1n) is 8.84. The average Bonchev–Trinajstić information content (AvgIpc) is 3.04. The number of benzene rings is 1. The van der Waals surface area contributed by atoms with Crippen LogP contribution >= 0.6 is 11.3 Å². The van der Waals surface area contributed by atoms with E-state index in [1.807, 2.05) is 28.5 Å². The van der Waals surface area contributed by atoms with Gasteiger partial charge in [0.25, 0.3) is 0 Å². The molecule has 5 heteroatoms. The monoisotopic (exact) mass is 360 g/mol. The number of rotatable bonds is 8. The summed E-state index contributed by atoms with van der Waals surface area (Å²) < 4.78 is 5.99. The summed E-state index contributed by atoms with van der Waals surface area (Å²) in [6.07, 6.45) is 0.936. The Balaban J connectivity index is 2.01. The van der Waals surface area contributed by atoms with E-state index < -0.39 is 0 Å². The molecule has 0 saturated heterocycles. The van der Waals surface area contributed by atoms with E-state index in [4.69, 9.17) is 4.74 Å². The number of amides is 1. The van der Waals surface area contributed by atoms with Crippen molar-refractivity contribution in [1.82, 2.24) is 9.88 Å². The third-order valence-electron chi connectivity index (χ3n) is 4.35. The number of ether oxygens (including phenoxy) is 1. The second-order valence-corrected chi connectivity index (χ2v) is 7.56. The van der Waals surface area contributed by atoms with E-state index in [0.29, 0.717) is 19.1 Å². The summed E-state index contributed by atoms with van der Waals surface area (Å²) in [5.41, 5.74) is 2.13. The molecule has 25 heavy (non-hydrogen) atoms. The van der Waals surface area contributed by atoms with Gasteiger partial charge in [-0.1, -0.05) is 39.0 Å². The zero-order chi connectivity index (χ0) is 18.4. The molecule has 0 bridgehead atoms. The van der Waals surface area contributed by atoms with Crippen molar-refractivity contribution in [3.8, 4) is 5.75 Å². The summed E-state index contributed by atoms with van der Waals surface area (Å²) in [5, 5.41) is 2.95. The molecule has 2 aromatic rings. The molecule has 2 rings (SSSR count). The largest absolute Gasteiger partial charge is 0.486 e. The molecule has 1 aromatic heterocycles. The molecule has 0 spiro atoms. The van der Waals surface area contributed by atoms with Crippen molar-refractivity contribution in [2.24, 2.45) is 0 Å². The van der Waals surface area contributed by atoms with Crippen LogP contribution in [0.2, 0.25) is 0 Å². The first-order valence-corrected chi connectivity index (χ1v) is 9.72. The van der Waals surface area contributed by atoms with Crippen LogP contribution in [0, 0.1) is 0 Å². The fraction of sp³-hybridized carbons (Fsp3) is 0.500. The summed E-state index contributed by atoms with van der Waals surface area (Å²) in [5.74, 6) is 1.42. The third kappa shape index (κ3) is 5.30. The summed E-state index contributed by atoms with van der Waals surface area (Å²) in [7, 11) is 0. The molecule has 136 valence electrons. The maximum Gasteiger partial charge on any atom is 0.220 e. The quantitative estimate of drug-likeness (QED) is 0.666. The van der Waals surface area contributed by atoms with Crippen LogP contribution in [-0.2, 0) is 17.9 Å². The Hall–Kier alpha value is -1.88. The Kier molecular flexibility index (Phi) is 7.00. The molecule has 0 N–H and O–H groups in total. The normalized spacial score (nSPS) is 12.2. The molecule has 1 aromatic carbocycles. The van der Waals surface area contributed by atoms with E-state index in [-0.39, 0.29) is 11.9 Å². The fourth-order valence-corrected chi connectivity index (χ4v) is 3.38. The van der Waals surface area contributed by atoms with Crippen LogP contribution in [-0.4, -0.2) is 21.8 Å². The molecule has 0 fully saturated rings. The maximum absolute atomic E-state index is 11.8. The Morgan fingerprint density at radius 1 is 1.28 bits per heavy atom. The van der Waals surface area contributed by atoms with Crippen LogP contribution in [0.15, 0.2) is 29.6 Å². The van der Waals surface area contributed by atoms with Gasteiger partial charge in [-0.2, -0.15) is 0 Å². The van der Waals surface area contributed by atoms with Crippen LogP contribution in [0.1, 0.15) is 63.2 Å². The van der Waals surface area contributed by atoms with Crippen molar-refractivity contribution in [2.45, 2.75) is 66.2 Å². The van der Waals surface area contributed by atoms with Crippen LogP contribution < -0.4 is 4.74 Å². The third-order valence-corrected chi connectivity index (χ3v) is 5.22. The molecule has 1 heterocycles. The summed E-state index contributed by atoms with van der Waals surface area (Å²) in [6, 6.07) is 8.35. The van der Waals surface area contributed by atoms with Gasteiger partial charge in [-0.05, 0) is 30.9 Å². The molecule has 0 aliphatic rings. The van der Waals surface area contributed by atoms with Crippen LogP contribution in [0.3, 0.4) is 0 Å². The molecule has 0 unspecified atom stereocenters. The summed E-state index contributed by atoms with van der Waals surface area (Å²) in [6.45, 7) is 11.1. The zero-order valence-corrected chi connectivity index (χ0v) is 16.6. The van der Waals surface area contributed by atoms with Gasteiger partial charge in [0.2, 0.25) is 5.91 Å². The molecule has 0 aliphatic heterocycles. The van der Waals surface area contributed by atoms with E-state index >= 15 is 0 Å². The van der Waals surface area contributed by atoms with Gasteiger partial charge in [-0.25, -0.2) is 4.98 Å². The zero-order valence-electron chi connectivity index (χ0n) is 15.8. The van der Waals surface area contributed by atoms with Crippen LogP contribution in [0.4, 0.5) is 0 Å². The van der Waals surface area contributed by atoms with Crippen LogP contribution in [0.25, 0.3) is 0 Å². The lowest BCUT2D eigenvalue weighted by Gasteiger charge is -2.26. The minimum Gasteiger partial charge on any atom is -0.486 e. The number of hydrogen-bond donors (Lipinski definition) is 0. The number of carbonyl (C=O) groups is 1. The first kappa shape index (κ1) is 19.4. The standard InChI is InChI=1S/C20H28N2O2S/c1-6-15(4)22(16(5)23)11-17-13-25-20(21-17)12-24-19-10-8-7-9-18(19)14(2)3/h7-10,13-15H,6,11-12H2,1-5H3/t15-/m0/s1. The summed E-state index contributed by atoms with van der Waals surface area (Å²) in [4.78, 5) is 18.4. The highest BCUT2D eigenvalue weighted by Crippen LogP contribution is 2.27. The van der Waals surface area contributed by atoms with E-state index in [0.717, 1.165) is 22.9 Å². The van der Waals surface area contributed by atoms with E-state index in [2.05, 4.69) is 38.7 Å². The van der Waals surface area contributed by atoms with Crippen LogP contribution in [0.5, 0.6) is 5.75 Å². The highest BCUT2D eigenvalue weighted by atomic mass is 32.1. The average molecular weight is 361 g/mol. The van der Waals surface area contributed by atoms with Crippen molar-refractivity contribution in [3.05, 3.63) is 45.9 Å². The highest BCUT2D eigenvalue weighted by molar-refractivity contribution is 7.09. The lowest BCUT2D eigenvalue weighted by molar-refractivity contribution is -0.131. The van der Waals surface area contributed by atoms with Gasteiger partial charge in [0.05, 0.1) is 12.2 Å². The lowest BCUT2D eigenvalue weighted by atomic mass is 10.0. The smallest absolute Gasteiger partial charge is 0.220 e. The number of para-hydroxylation sites is 1. The minimum atomic E-state index is 0.0889. The molecule has 0 aliphatic carbocycles. The van der Waals surface area contributed by atoms with Gasteiger partial charge in [0.1, 0.15) is 17.4 Å². The predicted octanol–water partition coefficient (Wildman–Crippen LogP) is 4.99. The number of carbonyl (C=O) groups excluding carboxylic acids is 1. The Labute approximate surface area is 154 Å². The van der Waals surface area contributed by atoms with Gasteiger partial charge in [0, 0.05) is 18.3 Å². The van der Waals surface area contributed by atoms with E-state index in [1.165, 1.54) is 5.56 Å². The van der Waals surface area contributed by atoms with Gasteiger partial charge < -0.3 is 9.64 Å². The summed E-state index contributed by atoms with van der Waals surface area (Å²) >= 11 is 1.58. The maximum atomic E-state index is 11.8. The number of thiazole rings is 1. The molecule has 1 amide bonds. The second kappa shape index (κ2) is 8.99. The predicted molar refractivity (Wildman–Crippen MR) is 103 cm³/mol. The Bertz CT molecular complexity index is 697. The topological polar surface area (TPSA) is 42.4 Å². The number of aromatic nitrogens is 1. The van der Waals surface area contributed by atoms with Gasteiger partial charge in [-0.15, -0.1) is 11.3 Å². The van der Waals surface area contributed by atoms with Crippen molar-refractivity contribution in [3.63, 3.8) is 0 Å². The Morgan fingerprint density at radius 2 is 2.00 bits per heavy atom. The van der Waals surface area contributed by atoms with E-state index in [1.54, 1.807) is 18.3 Å². The van der Waals surface area contributed by atoms with Gasteiger partial charge in [-0.3, -0.25) is 4.79 Å². The molecule has 1 atom stereocenters. The minimum absolute atomic E-state index is 0.0889. The number of hydrogen-bond acceptors (Lipinski definition) is 4. The molecular formula is C20H28N2O2S. The molecule has 4 nitrogen and oxygen atoms in total.